The molecule has 22 heavy (non-hydrogen) atoms. The summed E-state index contributed by atoms with van der Waals surface area (Å²) in [5, 5.41) is 12.4. The molecule has 1 aromatic carbocycles. The van der Waals surface area contributed by atoms with Gasteiger partial charge in [-0.1, -0.05) is 18.2 Å². The Kier molecular flexibility index (Phi) is 5.11. The molecule has 0 aliphatic carbocycles. The van der Waals surface area contributed by atoms with Gasteiger partial charge < -0.3 is 15.3 Å². The maximum atomic E-state index is 12.9. The van der Waals surface area contributed by atoms with E-state index in [-0.39, 0.29) is 12.5 Å². The molecule has 0 aromatic heterocycles. The topological polar surface area (TPSA) is 52.6 Å². The van der Waals surface area contributed by atoms with Gasteiger partial charge >= 0.3 is 0 Å². The summed E-state index contributed by atoms with van der Waals surface area (Å²) in [7, 11) is 0. The van der Waals surface area contributed by atoms with Crippen molar-refractivity contribution in [1.82, 2.24) is 10.2 Å². The predicted molar refractivity (Wildman–Crippen MR) is 87.0 cm³/mol. The molecule has 0 bridgehead atoms. The number of likely N-dealkylation sites (tertiary alicyclic amines) is 1. The highest BCUT2D eigenvalue weighted by molar-refractivity contribution is 5.96. The van der Waals surface area contributed by atoms with Gasteiger partial charge in [-0.2, -0.15) is 0 Å². The van der Waals surface area contributed by atoms with Crippen LogP contribution >= 0.6 is 0 Å². The number of benzene rings is 1. The third-order valence-electron chi connectivity index (χ3n) is 5.13. The van der Waals surface area contributed by atoms with E-state index in [4.69, 9.17) is 5.11 Å². The van der Waals surface area contributed by atoms with Crippen LogP contribution in [0.15, 0.2) is 24.3 Å². The van der Waals surface area contributed by atoms with Gasteiger partial charge in [-0.15, -0.1) is 0 Å². The van der Waals surface area contributed by atoms with Crippen LogP contribution in [0.5, 0.6) is 0 Å². The van der Waals surface area contributed by atoms with Crippen LogP contribution in [0.25, 0.3) is 0 Å². The Labute approximate surface area is 132 Å². The average molecular weight is 302 g/mol. The first kappa shape index (κ1) is 15.5. The Morgan fingerprint density at radius 1 is 1.23 bits per heavy atom. The van der Waals surface area contributed by atoms with Gasteiger partial charge in [0.25, 0.3) is 5.91 Å². The third-order valence-corrected chi connectivity index (χ3v) is 5.13. The van der Waals surface area contributed by atoms with Crippen LogP contribution in [-0.2, 0) is 0 Å². The molecule has 2 heterocycles. The average Bonchev–Trinajstić information content (AvgIpc) is 3.10. The van der Waals surface area contributed by atoms with Gasteiger partial charge in [-0.25, -0.2) is 0 Å². The van der Waals surface area contributed by atoms with Gasteiger partial charge in [0.15, 0.2) is 0 Å². The lowest BCUT2D eigenvalue weighted by atomic mass is 9.91. The quantitative estimate of drug-likeness (QED) is 0.894. The van der Waals surface area contributed by atoms with Crippen molar-refractivity contribution in [2.75, 3.05) is 32.8 Å². The van der Waals surface area contributed by atoms with E-state index in [9.17, 15) is 4.79 Å². The Hall–Kier alpha value is -1.39. The van der Waals surface area contributed by atoms with Crippen LogP contribution in [-0.4, -0.2) is 48.7 Å². The Bertz CT molecular complexity index is 504. The van der Waals surface area contributed by atoms with E-state index in [0.717, 1.165) is 57.4 Å². The summed E-state index contributed by atoms with van der Waals surface area (Å²) in [6.07, 6.45) is 4.01. The highest BCUT2D eigenvalue weighted by Crippen LogP contribution is 2.28. The molecule has 2 fully saturated rings. The molecule has 0 radical (unpaired) electrons. The van der Waals surface area contributed by atoms with Crippen LogP contribution in [0.4, 0.5) is 0 Å². The van der Waals surface area contributed by atoms with E-state index in [1.165, 1.54) is 5.56 Å². The van der Waals surface area contributed by atoms with Crippen molar-refractivity contribution >= 4 is 5.91 Å². The number of carbonyl (C=O) groups is 1. The van der Waals surface area contributed by atoms with E-state index < -0.39 is 0 Å². The van der Waals surface area contributed by atoms with Crippen molar-refractivity contribution in [1.29, 1.82) is 0 Å². The van der Waals surface area contributed by atoms with E-state index in [1.807, 2.05) is 23.1 Å². The molecular weight excluding hydrogens is 276 g/mol. The molecule has 0 unspecified atom stereocenters. The summed E-state index contributed by atoms with van der Waals surface area (Å²) in [6.45, 7) is 3.92. The zero-order valence-corrected chi connectivity index (χ0v) is 13.1. The molecule has 2 saturated heterocycles. The van der Waals surface area contributed by atoms with Crippen LogP contribution in [0.2, 0.25) is 0 Å². The summed E-state index contributed by atoms with van der Waals surface area (Å²) in [6, 6.07) is 8.11. The maximum absolute atomic E-state index is 12.9. The van der Waals surface area contributed by atoms with Crippen LogP contribution in [0.1, 0.15) is 47.5 Å². The minimum Gasteiger partial charge on any atom is -0.396 e. The van der Waals surface area contributed by atoms with Gasteiger partial charge in [-0.05, 0) is 55.7 Å². The smallest absolute Gasteiger partial charge is 0.254 e. The zero-order chi connectivity index (χ0) is 15.4. The first-order valence-corrected chi connectivity index (χ1v) is 8.49. The SMILES string of the molecule is O=C(c1ccccc1[C@@H]1CCNC1)N1CCC(CCO)CC1. The van der Waals surface area contributed by atoms with Gasteiger partial charge in [0.2, 0.25) is 0 Å². The first-order valence-electron chi connectivity index (χ1n) is 8.49. The number of aliphatic hydroxyl groups excluding tert-OH is 1. The lowest BCUT2D eigenvalue weighted by Gasteiger charge is -2.32. The normalized spacial score (nSPS) is 23.0. The van der Waals surface area contributed by atoms with Crippen molar-refractivity contribution in [2.45, 2.75) is 31.6 Å². The number of amides is 1. The molecule has 1 atom stereocenters. The van der Waals surface area contributed by atoms with Gasteiger partial charge in [0, 0.05) is 31.8 Å². The lowest BCUT2D eigenvalue weighted by Crippen LogP contribution is -2.39. The second-order valence-corrected chi connectivity index (χ2v) is 6.52. The lowest BCUT2D eigenvalue weighted by molar-refractivity contribution is 0.0676. The van der Waals surface area contributed by atoms with Crippen molar-refractivity contribution in [3.63, 3.8) is 0 Å². The van der Waals surface area contributed by atoms with E-state index in [2.05, 4.69) is 11.4 Å². The Morgan fingerprint density at radius 3 is 2.68 bits per heavy atom. The highest BCUT2D eigenvalue weighted by Gasteiger charge is 2.27. The molecule has 3 rings (SSSR count). The molecule has 0 saturated carbocycles. The minimum absolute atomic E-state index is 0.185. The second kappa shape index (κ2) is 7.25. The molecule has 1 amide bonds. The number of aliphatic hydroxyl groups is 1. The van der Waals surface area contributed by atoms with E-state index in [1.54, 1.807) is 0 Å². The number of hydrogen-bond donors (Lipinski definition) is 2. The van der Waals surface area contributed by atoms with Crippen LogP contribution in [0, 0.1) is 5.92 Å². The van der Waals surface area contributed by atoms with Crippen LogP contribution < -0.4 is 5.32 Å². The largest absolute Gasteiger partial charge is 0.396 e. The molecular formula is C18H26N2O2. The fourth-order valence-corrected chi connectivity index (χ4v) is 3.75. The van der Waals surface area contributed by atoms with Crippen molar-refractivity contribution < 1.29 is 9.90 Å². The summed E-state index contributed by atoms with van der Waals surface area (Å²) in [5.74, 6) is 1.22. The molecule has 2 N–H and O–H groups in total. The maximum Gasteiger partial charge on any atom is 0.254 e. The number of rotatable bonds is 4. The Balaban J connectivity index is 1.70. The second-order valence-electron chi connectivity index (χ2n) is 6.52. The summed E-state index contributed by atoms with van der Waals surface area (Å²) < 4.78 is 0. The number of hydrogen-bond acceptors (Lipinski definition) is 3. The van der Waals surface area contributed by atoms with E-state index in [0.29, 0.717) is 11.8 Å². The standard InChI is InChI=1S/C18H26N2O2/c21-12-8-14-6-10-20(11-7-14)18(22)17-4-2-1-3-16(17)15-5-9-19-13-15/h1-4,14-15,19,21H,5-13H2/t15-/m1/s1. The number of nitrogens with zero attached hydrogens (tertiary/aromatic N) is 1. The molecule has 4 nitrogen and oxygen atoms in total. The van der Waals surface area contributed by atoms with Gasteiger partial charge in [-0.3, -0.25) is 4.79 Å². The molecule has 120 valence electrons. The number of nitrogens with one attached hydrogen (secondary N) is 1. The fraction of sp³-hybridized carbons (Fsp3) is 0.611. The van der Waals surface area contributed by atoms with Gasteiger partial charge in [0.1, 0.15) is 0 Å². The summed E-state index contributed by atoms with van der Waals surface area (Å²) in [5.41, 5.74) is 2.09. The molecule has 2 aliphatic rings. The van der Waals surface area contributed by atoms with Crippen molar-refractivity contribution in [2.24, 2.45) is 5.92 Å². The third kappa shape index (κ3) is 3.33. The summed E-state index contributed by atoms with van der Waals surface area (Å²) in [4.78, 5) is 14.9. The monoisotopic (exact) mass is 302 g/mol. The fourth-order valence-electron chi connectivity index (χ4n) is 3.75. The Morgan fingerprint density at radius 2 is 2.00 bits per heavy atom. The van der Waals surface area contributed by atoms with Crippen molar-refractivity contribution in [3.05, 3.63) is 35.4 Å². The number of piperidine rings is 1. The molecule has 2 aliphatic heterocycles. The van der Waals surface area contributed by atoms with Gasteiger partial charge in [0.05, 0.1) is 0 Å². The zero-order valence-electron chi connectivity index (χ0n) is 13.1. The highest BCUT2D eigenvalue weighted by atomic mass is 16.3. The minimum atomic E-state index is 0.185. The predicted octanol–water partition coefficient (Wildman–Crippen LogP) is 2.00. The molecule has 0 spiro atoms. The van der Waals surface area contributed by atoms with Crippen LogP contribution in [0.3, 0.4) is 0 Å². The number of carbonyl (C=O) groups excluding carboxylic acids is 1. The molecule has 4 heteroatoms. The van der Waals surface area contributed by atoms with Crippen molar-refractivity contribution in [3.8, 4) is 0 Å². The summed E-state index contributed by atoms with van der Waals surface area (Å²) >= 11 is 0. The first-order chi connectivity index (χ1) is 10.8. The van der Waals surface area contributed by atoms with E-state index >= 15 is 0 Å². The molecule has 1 aromatic rings.